The third-order valence-corrected chi connectivity index (χ3v) is 6.53. The predicted octanol–water partition coefficient (Wildman–Crippen LogP) is 4.58. The van der Waals surface area contributed by atoms with Crippen LogP contribution in [0.15, 0.2) is 5.38 Å². The summed E-state index contributed by atoms with van der Waals surface area (Å²) < 4.78 is 0. The van der Waals surface area contributed by atoms with Crippen LogP contribution in [0.2, 0.25) is 0 Å². The highest BCUT2D eigenvalue weighted by atomic mass is 32.1. The molecule has 4 unspecified atom stereocenters. The molecule has 0 saturated heterocycles. The summed E-state index contributed by atoms with van der Waals surface area (Å²) >= 11 is 1.79. The third-order valence-electron chi connectivity index (χ3n) is 5.71. The molecule has 1 aromatic rings. The molecule has 0 aliphatic heterocycles. The Morgan fingerprint density at radius 2 is 2.05 bits per heavy atom. The first kappa shape index (κ1) is 15.5. The van der Waals surface area contributed by atoms with Gasteiger partial charge in [0.25, 0.3) is 0 Å². The summed E-state index contributed by atoms with van der Waals surface area (Å²) in [4.78, 5) is 4.69. The zero-order chi connectivity index (χ0) is 14.7. The molecule has 2 fully saturated rings. The molecule has 1 heterocycles. The van der Waals surface area contributed by atoms with Crippen LogP contribution in [0.25, 0.3) is 0 Å². The normalized spacial score (nSPS) is 30.9. The molecule has 21 heavy (non-hydrogen) atoms. The van der Waals surface area contributed by atoms with E-state index in [0.29, 0.717) is 6.04 Å². The average Bonchev–Trinajstić information content (AvgIpc) is 2.91. The van der Waals surface area contributed by atoms with Gasteiger partial charge in [0.1, 0.15) is 0 Å². The van der Waals surface area contributed by atoms with E-state index >= 15 is 0 Å². The Labute approximate surface area is 133 Å². The van der Waals surface area contributed by atoms with Gasteiger partial charge in [-0.05, 0) is 50.5 Å². The molecule has 2 saturated carbocycles. The van der Waals surface area contributed by atoms with Gasteiger partial charge in [-0.3, -0.25) is 0 Å². The lowest BCUT2D eigenvalue weighted by Gasteiger charge is -2.42. The van der Waals surface area contributed by atoms with E-state index in [1.165, 1.54) is 55.6 Å². The molecule has 3 rings (SSSR count). The van der Waals surface area contributed by atoms with Crippen molar-refractivity contribution in [3.8, 4) is 0 Å². The first-order chi connectivity index (χ1) is 10.3. The molecule has 2 aliphatic rings. The predicted molar refractivity (Wildman–Crippen MR) is 90.8 cm³/mol. The largest absolute Gasteiger partial charge is 0.314 e. The monoisotopic (exact) mass is 306 g/mol. The maximum absolute atomic E-state index is 4.69. The summed E-state index contributed by atoms with van der Waals surface area (Å²) in [5, 5.41) is 7.23. The quantitative estimate of drug-likeness (QED) is 0.861. The summed E-state index contributed by atoms with van der Waals surface area (Å²) in [5.74, 6) is 2.95. The van der Waals surface area contributed by atoms with Crippen LogP contribution in [0.4, 0.5) is 0 Å². The number of hydrogen-bond acceptors (Lipinski definition) is 3. The number of nitrogens with one attached hydrogen (secondary N) is 1. The Balaban J connectivity index is 1.63. The summed E-state index contributed by atoms with van der Waals surface area (Å²) in [6.07, 6.45) is 11.5. The fourth-order valence-electron chi connectivity index (χ4n) is 4.67. The zero-order valence-corrected chi connectivity index (χ0v) is 14.4. The number of aromatic nitrogens is 1. The van der Waals surface area contributed by atoms with Crippen LogP contribution in [-0.2, 0) is 6.42 Å². The van der Waals surface area contributed by atoms with Gasteiger partial charge in [-0.2, -0.15) is 0 Å². The van der Waals surface area contributed by atoms with Gasteiger partial charge >= 0.3 is 0 Å². The van der Waals surface area contributed by atoms with Gasteiger partial charge in [-0.1, -0.05) is 32.6 Å². The van der Waals surface area contributed by atoms with Crippen molar-refractivity contribution < 1.29 is 0 Å². The Morgan fingerprint density at radius 3 is 2.76 bits per heavy atom. The smallest absolute Gasteiger partial charge is 0.0897 e. The van der Waals surface area contributed by atoms with Crippen molar-refractivity contribution in [2.24, 2.45) is 17.8 Å². The molecule has 1 N–H and O–H groups in total. The molecule has 118 valence electrons. The van der Waals surface area contributed by atoms with Crippen LogP contribution in [0, 0.1) is 24.7 Å². The lowest BCUT2D eigenvalue weighted by Crippen LogP contribution is -2.42. The van der Waals surface area contributed by atoms with Gasteiger partial charge in [0.05, 0.1) is 10.7 Å². The van der Waals surface area contributed by atoms with Gasteiger partial charge in [0, 0.05) is 17.8 Å². The van der Waals surface area contributed by atoms with E-state index in [0.717, 1.165) is 30.7 Å². The van der Waals surface area contributed by atoms with Crippen LogP contribution in [-0.4, -0.2) is 17.6 Å². The van der Waals surface area contributed by atoms with Crippen LogP contribution in [0.3, 0.4) is 0 Å². The minimum absolute atomic E-state index is 0.638. The molecule has 0 amide bonds. The molecular weight excluding hydrogens is 276 g/mol. The standard InChI is InChI=1S/C18H30N2S/c1-3-19-18(11-17-12-21-13(2)20-17)16-9-8-14-6-4-5-7-15(14)10-16/h12,14-16,18-19H,3-11H2,1-2H3. The molecule has 4 atom stereocenters. The average molecular weight is 307 g/mol. The van der Waals surface area contributed by atoms with E-state index in [2.05, 4.69) is 29.5 Å². The second-order valence-electron chi connectivity index (χ2n) is 7.10. The minimum atomic E-state index is 0.638. The van der Waals surface area contributed by atoms with Crippen molar-refractivity contribution in [2.45, 2.75) is 71.3 Å². The summed E-state index contributed by atoms with van der Waals surface area (Å²) in [5.41, 5.74) is 1.30. The molecule has 2 aliphatic carbocycles. The first-order valence-electron chi connectivity index (χ1n) is 8.90. The molecule has 2 nitrogen and oxygen atoms in total. The fourth-order valence-corrected chi connectivity index (χ4v) is 5.30. The fraction of sp³-hybridized carbons (Fsp3) is 0.833. The van der Waals surface area contributed by atoms with E-state index in [-0.39, 0.29) is 0 Å². The molecule has 1 aromatic heterocycles. The highest BCUT2D eigenvalue weighted by molar-refractivity contribution is 7.09. The van der Waals surface area contributed by atoms with Crippen molar-refractivity contribution in [1.82, 2.24) is 10.3 Å². The summed E-state index contributed by atoms with van der Waals surface area (Å²) in [6.45, 7) is 5.44. The minimum Gasteiger partial charge on any atom is -0.314 e. The summed E-state index contributed by atoms with van der Waals surface area (Å²) in [6, 6.07) is 0.638. The SMILES string of the molecule is CCNC(Cc1csc(C)n1)C1CCC2CCCCC2C1. The zero-order valence-electron chi connectivity index (χ0n) is 13.6. The van der Waals surface area contributed by atoms with E-state index in [1.54, 1.807) is 11.3 Å². The number of likely N-dealkylation sites (N-methyl/N-ethyl adjacent to an activating group) is 1. The van der Waals surface area contributed by atoms with Crippen molar-refractivity contribution in [3.05, 3.63) is 16.1 Å². The van der Waals surface area contributed by atoms with Gasteiger partial charge in [-0.15, -0.1) is 11.3 Å². The molecule has 0 spiro atoms. The van der Waals surface area contributed by atoms with Gasteiger partial charge in [-0.25, -0.2) is 4.98 Å². The Bertz CT molecular complexity index is 442. The number of hydrogen-bond donors (Lipinski definition) is 1. The second-order valence-corrected chi connectivity index (χ2v) is 8.17. The second kappa shape index (κ2) is 7.23. The maximum Gasteiger partial charge on any atom is 0.0897 e. The Morgan fingerprint density at radius 1 is 1.24 bits per heavy atom. The topological polar surface area (TPSA) is 24.9 Å². The van der Waals surface area contributed by atoms with Crippen LogP contribution in [0.1, 0.15) is 62.6 Å². The molecule has 3 heteroatoms. The lowest BCUT2D eigenvalue weighted by atomic mass is 9.66. The Kier molecular flexibility index (Phi) is 5.33. The van der Waals surface area contributed by atoms with Crippen LogP contribution < -0.4 is 5.32 Å². The number of rotatable bonds is 5. The van der Waals surface area contributed by atoms with Crippen molar-refractivity contribution in [2.75, 3.05) is 6.54 Å². The molecular formula is C18H30N2S. The number of thiazole rings is 1. The van der Waals surface area contributed by atoms with Crippen LogP contribution >= 0.6 is 11.3 Å². The molecule has 0 bridgehead atoms. The van der Waals surface area contributed by atoms with Gasteiger partial charge < -0.3 is 5.32 Å². The lowest BCUT2D eigenvalue weighted by molar-refractivity contribution is 0.109. The van der Waals surface area contributed by atoms with Crippen molar-refractivity contribution in [3.63, 3.8) is 0 Å². The van der Waals surface area contributed by atoms with Crippen LogP contribution in [0.5, 0.6) is 0 Å². The highest BCUT2D eigenvalue weighted by Gasteiger charge is 2.35. The van der Waals surface area contributed by atoms with E-state index in [1.807, 2.05) is 0 Å². The molecule has 0 aromatic carbocycles. The third kappa shape index (κ3) is 3.87. The van der Waals surface area contributed by atoms with Gasteiger partial charge in [0.15, 0.2) is 0 Å². The maximum atomic E-state index is 4.69. The summed E-state index contributed by atoms with van der Waals surface area (Å²) in [7, 11) is 0. The highest BCUT2D eigenvalue weighted by Crippen LogP contribution is 2.43. The van der Waals surface area contributed by atoms with E-state index < -0.39 is 0 Å². The van der Waals surface area contributed by atoms with Crippen molar-refractivity contribution in [1.29, 1.82) is 0 Å². The van der Waals surface area contributed by atoms with Crippen molar-refractivity contribution >= 4 is 11.3 Å². The Hall–Kier alpha value is -0.410. The van der Waals surface area contributed by atoms with E-state index in [9.17, 15) is 0 Å². The van der Waals surface area contributed by atoms with Gasteiger partial charge in [0.2, 0.25) is 0 Å². The first-order valence-corrected chi connectivity index (χ1v) is 9.78. The molecule has 0 radical (unpaired) electrons. The number of nitrogens with zero attached hydrogens (tertiary/aromatic N) is 1. The number of fused-ring (bicyclic) bond motifs is 1. The number of aryl methyl sites for hydroxylation is 1. The van der Waals surface area contributed by atoms with E-state index in [4.69, 9.17) is 0 Å².